The van der Waals surface area contributed by atoms with Gasteiger partial charge in [0.25, 0.3) is 0 Å². The average Bonchev–Trinajstić information content (AvgIpc) is 2.32. The summed E-state index contributed by atoms with van der Waals surface area (Å²) in [5, 5.41) is 1.55. The van der Waals surface area contributed by atoms with E-state index in [0.717, 1.165) is 32.5 Å². The van der Waals surface area contributed by atoms with Crippen LogP contribution in [0.4, 0.5) is 0 Å². The molecule has 3 heteroatoms. The highest BCUT2D eigenvalue weighted by atomic mass is 28.3. The zero-order valence-electron chi connectivity index (χ0n) is 11.9. The second kappa shape index (κ2) is 5.55. The number of nitrogens with zero attached hydrogens (tertiary/aromatic N) is 1. The summed E-state index contributed by atoms with van der Waals surface area (Å²) in [5.74, 6) is 0. The zero-order valence-corrected chi connectivity index (χ0v) is 12.9. The van der Waals surface area contributed by atoms with Gasteiger partial charge >= 0.3 is 0 Å². The molecule has 1 aromatic carbocycles. The molecule has 2 rings (SSSR count). The lowest BCUT2D eigenvalue weighted by Crippen LogP contribution is -2.39. The van der Waals surface area contributed by atoms with Gasteiger partial charge in [-0.2, -0.15) is 0 Å². The van der Waals surface area contributed by atoms with E-state index >= 15 is 0 Å². The Kier molecular flexibility index (Phi) is 4.25. The summed E-state index contributed by atoms with van der Waals surface area (Å²) in [7, 11) is -1.15. The molecule has 2 nitrogen and oxygen atoms in total. The van der Waals surface area contributed by atoms with Gasteiger partial charge < -0.3 is 5.73 Å². The number of piperidine rings is 1. The van der Waals surface area contributed by atoms with Crippen molar-refractivity contribution < 1.29 is 0 Å². The minimum Gasteiger partial charge on any atom is -0.328 e. The lowest BCUT2D eigenvalue weighted by atomic mass is 10.1. The second-order valence-corrected chi connectivity index (χ2v) is 11.6. The molecule has 1 aliphatic heterocycles. The highest BCUT2D eigenvalue weighted by molar-refractivity contribution is 6.88. The van der Waals surface area contributed by atoms with Crippen LogP contribution in [0.1, 0.15) is 18.4 Å². The van der Waals surface area contributed by atoms with Crippen LogP contribution in [-0.4, -0.2) is 32.1 Å². The summed E-state index contributed by atoms with van der Waals surface area (Å²) in [4.78, 5) is 2.52. The smallest absolute Gasteiger partial charge is 0.0775 e. The van der Waals surface area contributed by atoms with Gasteiger partial charge in [0.1, 0.15) is 0 Å². The number of rotatable bonds is 3. The van der Waals surface area contributed by atoms with Crippen molar-refractivity contribution in [2.24, 2.45) is 5.73 Å². The molecule has 2 N–H and O–H groups in total. The van der Waals surface area contributed by atoms with E-state index in [1.54, 1.807) is 5.19 Å². The molecule has 1 heterocycles. The number of benzene rings is 1. The highest BCUT2D eigenvalue weighted by Gasteiger charge is 2.17. The fourth-order valence-corrected chi connectivity index (χ4v) is 3.65. The maximum Gasteiger partial charge on any atom is 0.0775 e. The third-order valence-corrected chi connectivity index (χ3v) is 5.92. The largest absolute Gasteiger partial charge is 0.328 e. The summed E-state index contributed by atoms with van der Waals surface area (Å²) < 4.78 is 0. The fourth-order valence-electron chi connectivity index (χ4n) is 2.48. The van der Waals surface area contributed by atoms with Gasteiger partial charge in [0.15, 0.2) is 0 Å². The average molecular weight is 262 g/mol. The Morgan fingerprint density at radius 3 is 2.17 bits per heavy atom. The standard InChI is InChI=1S/C15H26N2Si/c1-18(2,3)15-6-4-13(5-7-15)12-17-10-8-14(16)9-11-17/h4-7,14H,8-12,16H2,1-3H3. The molecule has 1 aromatic rings. The number of likely N-dealkylation sites (tertiary alicyclic amines) is 1. The minimum absolute atomic E-state index is 0.426. The summed E-state index contributed by atoms with van der Waals surface area (Å²) >= 11 is 0. The predicted octanol–water partition coefficient (Wildman–Crippen LogP) is 2.15. The maximum atomic E-state index is 5.94. The topological polar surface area (TPSA) is 29.3 Å². The first-order valence-electron chi connectivity index (χ1n) is 7.02. The van der Waals surface area contributed by atoms with Crippen molar-refractivity contribution in [1.29, 1.82) is 0 Å². The van der Waals surface area contributed by atoms with Crippen LogP contribution in [0.2, 0.25) is 19.6 Å². The second-order valence-electron chi connectivity index (χ2n) is 6.56. The first-order valence-corrected chi connectivity index (χ1v) is 10.5. The Bertz CT molecular complexity index is 372. The van der Waals surface area contributed by atoms with Gasteiger partial charge in [-0.15, -0.1) is 0 Å². The van der Waals surface area contributed by atoms with Crippen LogP contribution in [0.15, 0.2) is 24.3 Å². The van der Waals surface area contributed by atoms with E-state index in [1.807, 2.05) is 0 Å². The molecule has 1 saturated heterocycles. The van der Waals surface area contributed by atoms with E-state index < -0.39 is 8.07 Å². The molecule has 0 atom stereocenters. The molecule has 0 aromatic heterocycles. The number of hydrogen-bond acceptors (Lipinski definition) is 2. The summed E-state index contributed by atoms with van der Waals surface area (Å²) in [6, 6.07) is 9.70. The van der Waals surface area contributed by atoms with Crippen molar-refractivity contribution in [3.05, 3.63) is 29.8 Å². The Labute approximate surface area is 112 Å². The van der Waals surface area contributed by atoms with Crippen LogP contribution in [0.5, 0.6) is 0 Å². The van der Waals surface area contributed by atoms with Crippen LogP contribution >= 0.6 is 0 Å². The minimum atomic E-state index is -1.15. The molecule has 0 bridgehead atoms. The van der Waals surface area contributed by atoms with E-state index in [9.17, 15) is 0 Å². The van der Waals surface area contributed by atoms with Gasteiger partial charge in [0.05, 0.1) is 8.07 Å². The van der Waals surface area contributed by atoms with E-state index in [2.05, 4.69) is 48.8 Å². The lowest BCUT2D eigenvalue weighted by Gasteiger charge is -2.30. The van der Waals surface area contributed by atoms with Crippen LogP contribution < -0.4 is 10.9 Å². The molecule has 0 aliphatic carbocycles. The molecule has 0 spiro atoms. The molecule has 0 radical (unpaired) electrons. The van der Waals surface area contributed by atoms with Gasteiger partial charge in [-0.1, -0.05) is 49.1 Å². The summed E-state index contributed by atoms with van der Waals surface area (Å²) in [6.45, 7) is 10.6. The molecule has 100 valence electrons. The Morgan fingerprint density at radius 2 is 1.67 bits per heavy atom. The number of nitrogens with two attached hydrogens (primary N) is 1. The quantitative estimate of drug-likeness (QED) is 0.846. The van der Waals surface area contributed by atoms with Gasteiger partial charge in [-0.05, 0) is 31.5 Å². The molecule has 0 amide bonds. The SMILES string of the molecule is C[Si](C)(C)c1ccc(CN2CCC(N)CC2)cc1. The van der Waals surface area contributed by atoms with Crippen molar-refractivity contribution >= 4 is 13.3 Å². The van der Waals surface area contributed by atoms with Crippen molar-refractivity contribution in [3.8, 4) is 0 Å². The van der Waals surface area contributed by atoms with E-state index in [0.29, 0.717) is 6.04 Å². The van der Waals surface area contributed by atoms with Crippen LogP contribution in [0, 0.1) is 0 Å². The van der Waals surface area contributed by atoms with Gasteiger partial charge in [0.2, 0.25) is 0 Å². The van der Waals surface area contributed by atoms with Gasteiger partial charge in [-0.25, -0.2) is 0 Å². The fraction of sp³-hybridized carbons (Fsp3) is 0.600. The van der Waals surface area contributed by atoms with Crippen molar-refractivity contribution in [2.45, 2.75) is 45.1 Å². The van der Waals surface area contributed by atoms with Crippen molar-refractivity contribution in [2.75, 3.05) is 13.1 Å². The molecular weight excluding hydrogens is 236 g/mol. The Morgan fingerprint density at radius 1 is 1.11 bits per heavy atom. The first-order chi connectivity index (χ1) is 8.45. The van der Waals surface area contributed by atoms with Crippen LogP contribution in [-0.2, 0) is 6.54 Å². The lowest BCUT2D eigenvalue weighted by molar-refractivity contribution is 0.205. The van der Waals surface area contributed by atoms with Gasteiger partial charge in [0, 0.05) is 12.6 Å². The maximum absolute atomic E-state index is 5.94. The third kappa shape index (κ3) is 3.67. The van der Waals surface area contributed by atoms with Crippen LogP contribution in [0.25, 0.3) is 0 Å². The highest BCUT2D eigenvalue weighted by Crippen LogP contribution is 2.12. The summed E-state index contributed by atoms with van der Waals surface area (Å²) in [6.07, 6.45) is 2.29. The van der Waals surface area contributed by atoms with Gasteiger partial charge in [-0.3, -0.25) is 4.90 Å². The predicted molar refractivity (Wildman–Crippen MR) is 81.9 cm³/mol. The molecule has 18 heavy (non-hydrogen) atoms. The van der Waals surface area contributed by atoms with E-state index in [-0.39, 0.29) is 0 Å². The molecule has 1 aliphatic rings. The summed E-state index contributed by atoms with van der Waals surface area (Å²) in [5.41, 5.74) is 7.37. The molecule has 1 fully saturated rings. The van der Waals surface area contributed by atoms with Crippen molar-refractivity contribution in [3.63, 3.8) is 0 Å². The van der Waals surface area contributed by atoms with E-state index in [1.165, 1.54) is 5.56 Å². The zero-order chi connectivity index (χ0) is 13.2. The van der Waals surface area contributed by atoms with Crippen molar-refractivity contribution in [1.82, 2.24) is 4.90 Å². The first kappa shape index (κ1) is 13.8. The van der Waals surface area contributed by atoms with E-state index in [4.69, 9.17) is 5.73 Å². The Balaban J connectivity index is 1.94. The molecule has 0 saturated carbocycles. The molecular formula is C15H26N2Si. The molecule has 0 unspecified atom stereocenters. The monoisotopic (exact) mass is 262 g/mol. The normalized spacial score (nSPS) is 19.1. The number of hydrogen-bond donors (Lipinski definition) is 1. The third-order valence-electron chi connectivity index (χ3n) is 3.86. The van der Waals surface area contributed by atoms with Crippen LogP contribution in [0.3, 0.4) is 0 Å². The Hall–Kier alpha value is -0.643.